The van der Waals surface area contributed by atoms with Gasteiger partial charge in [0.2, 0.25) is 0 Å². The number of amides is 2. The summed E-state index contributed by atoms with van der Waals surface area (Å²) in [7, 11) is 2.27. The predicted octanol–water partition coefficient (Wildman–Crippen LogP) is 0.857. The molecule has 0 aliphatic carbocycles. The van der Waals surface area contributed by atoms with E-state index in [9.17, 15) is 24.0 Å². The Morgan fingerprint density at radius 1 is 1.00 bits per heavy atom. The summed E-state index contributed by atoms with van der Waals surface area (Å²) in [5, 5.41) is 9.02. The van der Waals surface area contributed by atoms with Crippen LogP contribution < -0.4 is 4.90 Å². The van der Waals surface area contributed by atoms with Gasteiger partial charge in [0.15, 0.2) is 0 Å². The number of nitrogens with zero attached hydrogens (tertiary/aromatic N) is 2. The molecule has 1 aromatic rings. The maximum absolute atomic E-state index is 12.9. The summed E-state index contributed by atoms with van der Waals surface area (Å²) in [6, 6.07) is 4.31. The number of carbonyl (C=O) groups is 5. The lowest BCUT2D eigenvalue weighted by Crippen LogP contribution is -2.35. The minimum Gasteiger partial charge on any atom is -0.480 e. The van der Waals surface area contributed by atoms with E-state index in [1.54, 1.807) is 0 Å². The van der Waals surface area contributed by atoms with Gasteiger partial charge in [0, 0.05) is 6.20 Å². The van der Waals surface area contributed by atoms with Crippen molar-refractivity contribution >= 4 is 35.4 Å². The van der Waals surface area contributed by atoms with E-state index in [0.717, 1.165) is 14.2 Å². The number of anilines is 1. The fourth-order valence-corrected chi connectivity index (χ4v) is 3.15. The normalized spacial score (nSPS) is 15.3. The quantitative estimate of drug-likeness (QED) is 0.552. The smallest absolute Gasteiger partial charge is 0.355 e. The highest BCUT2D eigenvalue weighted by Gasteiger charge is 2.40. The first-order valence-electron chi connectivity index (χ1n) is 8.57. The van der Waals surface area contributed by atoms with Crippen molar-refractivity contribution in [2.45, 2.75) is 0 Å². The van der Waals surface area contributed by atoms with Gasteiger partial charge in [-0.1, -0.05) is 12.1 Å². The molecule has 10 nitrogen and oxygen atoms in total. The Balaban J connectivity index is 2.23. The van der Waals surface area contributed by atoms with Gasteiger partial charge in [0.1, 0.15) is 12.2 Å². The lowest BCUT2D eigenvalue weighted by Gasteiger charge is -2.24. The molecule has 2 aliphatic rings. The Morgan fingerprint density at radius 2 is 1.70 bits per heavy atom. The highest BCUT2D eigenvalue weighted by atomic mass is 16.5. The van der Waals surface area contributed by atoms with Crippen molar-refractivity contribution in [2.75, 3.05) is 25.7 Å². The van der Waals surface area contributed by atoms with Crippen LogP contribution >= 0.6 is 0 Å². The Bertz CT molecular complexity index is 1070. The van der Waals surface area contributed by atoms with Gasteiger partial charge in [-0.05, 0) is 24.3 Å². The molecule has 154 valence electrons. The Labute approximate surface area is 170 Å². The Kier molecular flexibility index (Phi) is 5.50. The molecule has 0 unspecified atom stereocenters. The molecule has 1 aromatic carbocycles. The van der Waals surface area contributed by atoms with Gasteiger partial charge in [-0.2, -0.15) is 0 Å². The van der Waals surface area contributed by atoms with Gasteiger partial charge < -0.3 is 19.5 Å². The molecule has 0 saturated heterocycles. The second kappa shape index (κ2) is 8.03. The molecule has 1 N–H and O–H groups in total. The highest BCUT2D eigenvalue weighted by molar-refractivity contribution is 6.25. The van der Waals surface area contributed by atoms with Crippen molar-refractivity contribution < 1.29 is 38.6 Å². The third-order valence-electron chi connectivity index (χ3n) is 4.42. The summed E-state index contributed by atoms with van der Waals surface area (Å²) in [6.45, 7) is -0.809. The minimum absolute atomic E-state index is 0.0202. The van der Waals surface area contributed by atoms with E-state index in [1.165, 1.54) is 47.5 Å². The zero-order valence-corrected chi connectivity index (χ0v) is 15.9. The van der Waals surface area contributed by atoms with Crippen molar-refractivity contribution in [3.05, 3.63) is 65.0 Å². The predicted molar refractivity (Wildman–Crippen MR) is 101 cm³/mol. The fourth-order valence-electron chi connectivity index (χ4n) is 3.15. The third-order valence-corrected chi connectivity index (χ3v) is 4.42. The molecule has 10 heteroatoms. The van der Waals surface area contributed by atoms with Crippen LogP contribution in [-0.4, -0.2) is 60.5 Å². The molecule has 0 fully saturated rings. The number of allylic oxidation sites excluding steroid dienone is 2. The van der Waals surface area contributed by atoms with Crippen LogP contribution in [0.4, 0.5) is 5.69 Å². The summed E-state index contributed by atoms with van der Waals surface area (Å²) < 4.78 is 9.55. The number of carbonyl (C=O) groups excluding carboxylic acids is 4. The molecular weight excluding hydrogens is 396 g/mol. The average Bonchev–Trinajstić information content (AvgIpc) is 2.90. The average molecular weight is 412 g/mol. The van der Waals surface area contributed by atoms with Crippen molar-refractivity contribution in [2.24, 2.45) is 0 Å². The lowest BCUT2D eigenvalue weighted by atomic mass is 10.1. The fraction of sp³-hybridized carbons (Fsp3) is 0.150. The van der Waals surface area contributed by atoms with Gasteiger partial charge in [-0.25, -0.2) is 9.59 Å². The van der Waals surface area contributed by atoms with Crippen LogP contribution in [0.1, 0.15) is 20.7 Å². The van der Waals surface area contributed by atoms with E-state index in [2.05, 4.69) is 0 Å². The second-order valence-electron chi connectivity index (χ2n) is 6.11. The van der Waals surface area contributed by atoms with Crippen LogP contribution in [0.2, 0.25) is 0 Å². The molecule has 0 radical (unpaired) electrons. The molecule has 2 aliphatic heterocycles. The number of hydrogen-bond acceptors (Lipinski definition) is 8. The van der Waals surface area contributed by atoms with E-state index >= 15 is 0 Å². The van der Waals surface area contributed by atoms with Crippen LogP contribution in [0.3, 0.4) is 0 Å². The lowest BCUT2D eigenvalue weighted by molar-refractivity contribution is -0.139. The summed E-state index contributed by atoms with van der Waals surface area (Å²) in [4.78, 5) is 63.1. The topological polar surface area (TPSA) is 131 Å². The number of carboxylic acids is 1. The van der Waals surface area contributed by atoms with Crippen LogP contribution in [0, 0.1) is 0 Å². The van der Waals surface area contributed by atoms with Crippen LogP contribution in [0.25, 0.3) is 0 Å². The summed E-state index contributed by atoms with van der Waals surface area (Å²) in [5.41, 5.74) is -0.389. The molecule has 0 bridgehead atoms. The SMILES string of the molecule is COC(=O)C1=C(C(=O)OC)N(c2cccc3c2C(=O)N(CC(=O)O)C3=O)C=CC=C1. The first-order valence-corrected chi connectivity index (χ1v) is 8.57. The zero-order valence-electron chi connectivity index (χ0n) is 15.9. The zero-order chi connectivity index (χ0) is 22.0. The van der Waals surface area contributed by atoms with Crippen LogP contribution in [-0.2, 0) is 23.9 Å². The Hall–Kier alpha value is -4.21. The van der Waals surface area contributed by atoms with Crippen molar-refractivity contribution in [1.29, 1.82) is 0 Å². The molecule has 3 rings (SSSR count). The number of imide groups is 1. The first-order chi connectivity index (χ1) is 14.3. The summed E-state index contributed by atoms with van der Waals surface area (Å²) in [5.74, 6) is -4.66. The van der Waals surface area contributed by atoms with Gasteiger partial charge in [0.05, 0.1) is 36.6 Å². The van der Waals surface area contributed by atoms with E-state index in [1.807, 2.05) is 0 Å². The van der Waals surface area contributed by atoms with E-state index in [4.69, 9.17) is 14.6 Å². The van der Waals surface area contributed by atoms with Crippen molar-refractivity contribution in [3.8, 4) is 0 Å². The number of rotatable bonds is 5. The Morgan fingerprint density at radius 3 is 2.33 bits per heavy atom. The monoisotopic (exact) mass is 412 g/mol. The minimum atomic E-state index is -1.35. The standard InChI is InChI=1S/C20H16N2O8/c1-29-19(27)12-6-3-4-9-21(16(12)20(28)30-2)13-8-5-7-11-15(13)18(26)22(17(11)25)10-14(23)24/h3-9H,10H2,1-2H3,(H,23,24). The van der Waals surface area contributed by atoms with Crippen molar-refractivity contribution in [1.82, 2.24) is 4.90 Å². The summed E-state index contributed by atoms with van der Waals surface area (Å²) >= 11 is 0. The molecule has 0 aromatic heterocycles. The number of ether oxygens (including phenoxy) is 2. The molecule has 2 amide bonds. The first kappa shape index (κ1) is 20.5. The third kappa shape index (κ3) is 3.34. The number of hydrogen-bond donors (Lipinski definition) is 1. The van der Waals surface area contributed by atoms with Gasteiger partial charge in [0.25, 0.3) is 11.8 Å². The van der Waals surface area contributed by atoms with Crippen LogP contribution in [0.5, 0.6) is 0 Å². The summed E-state index contributed by atoms with van der Waals surface area (Å²) in [6.07, 6.45) is 5.75. The van der Waals surface area contributed by atoms with E-state index < -0.39 is 36.3 Å². The number of fused-ring (bicyclic) bond motifs is 1. The molecule has 2 heterocycles. The number of esters is 2. The molecule has 30 heavy (non-hydrogen) atoms. The molecule has 0 spiro atoms. The van der Waals surface area contributed by atoms with Gasteiger partial charge in [-0.3, -0.25) is 19.3 Å². The molecular formula is C20H16N2O8. The molecule has 0 saturated carbocycles. The highest BCUT2D eigenvalue weighted by Crippen LogP contribution is 2.35. The number of carboxylic acid groups (broad SMARTS) is 1. The van der Waals surface area contributed by atoms with E-state index in [-0.39, 0.29) is 28.1 Å². The maximum Gasteiger partial charge on any atom is 0.355 e. The van der Waals surface area contributed by atoms with Crippen LogP contribution in [0.15, 0.2) is 53.9 Å². The van der Waals surface area contributed by atoms with Gasteiger partial charge >= 0.3 is 17.9 Å². The number of benzene rings is 1. The largest absolute Gasteiger partial charge is 0.480 e. The molecule has 0 atom stereocenters. The maximum atomic E-state index is 12.9. The number of methoxy groups -OCH3 is 2. The second-order valence-corrected chi connectivity index (χ2v) is 6.11. The van der Waals surface area contributed by atoms with Crippen molar-refractivity contribution in [3.63, 3.8) is 0 Å². The van der Waals surface area contributed by atoms with E-state index in [0.29, 0.717) is 4.90 Å². The number of aliphatic carboxylic acids is 1. The van der Waals surface area contributed by atoms with Gasteiger partial charge in [-0.15, -0.1) is 0 Å².